The summed E-state index contributed by atoms with van der Waals surface area (Å²) in [4.78, 5) is 4.55. The highest BCUT2D eigenvalue weighted by atomic mass is 16.5. The summed E-state index contributed by atoms with van der Waals surface area (Å²) in [5.41, 5.74) is 5.73. The predicted molar refractivity (Wildman–Crippen MR) is 71.3 cm³/mol. The number of rotatable bonds is 5. The molecule has 0 saturated heterocycles. The quantitative estimate of drug-likeness (QED) is 0.873. The van der Waals surface area contributed by atoms with Gasteiger partial charge >= 0.3 is 0 Å². The molecule has 18 heavy (non-hydrogen) atoms. The Balaban J connectivity index is 1.85. The molecule has 3 atom stereocenters. The van der Waals surface area contributed by atoms with Crippen molar-refractivity contribution < 1.29 is 4.52 Å². The van der Waals surface area contributed by atoms with Gasteiger partial charge in [0.15, 0.2) is 5.82 Å². The zero-order chi connectivity index (χ0) is 13.0. The maximum absolute atomic E-state index is 5.73. The van der Waals surface area contributed by atoms with Crippen molar-refractivity contribution in [3.05, 3.63) is 11.7 Å². The molecule has 1 saturated carbocycles. The molecule has 0 radical (unpaired) electrons. The van der Waals surface area contributed by atoms with Crippen LogP contribution in [0.15, 0.2) is 4.52 Å². The molecule has 102 valence electrons. The lowest BCUT2D eigenvalue weighted by molar-refractivity contribution is 0.319. The SMILES string of the molecule is CC(N)CCCc1nc(C2CCCC(C)C2)no1. The van der Waals surface area contributed by atoms with E-state index in [1.54, 1.807) is 0 Å². The number of hydrogen-bond donors (Lipinski definition) is 1. The molecule has 4 nitrogen and oxygen atoms in total. The predicted octanol–water partition coefficient (Wildman–Crippen LogP) is 3.03. The molecule has 0 amide bonds. The van der Waals surface area contributed by atoms with Crippen LogP contribution >= 0.6 is 0 Å². The zero-order valence-corrected chi connectivity index (χ0v) is 11.6. The van der Waals surface area contributed by atoms with Gasteiger partial charge in [-0.15, -0.1) is 0 Å². The maximum Gasteiger partial charge on any atom is 0.226 e. The minimum absolute atomic E-state index is 0.256. The Hall–Kier alpha value is -0.900. The van der Waals surface area contributed by atoms with Crippen molar-refractivity contribution in [1.29, 1.82) is 0 Å². The average Bonchev–Trinajstić information content (AvgIpc) is 2.77. The Kier molecular flexibility index (Phi) is 4.75. The first-order chi connectivity index (χ1) is 8.65. The Morgan fingerprint density at radius 3 is 3.00 bits per heavy atom. The third-order valence-electron chi connectivity index (χ3n) is 3.84. The third-order valence-corrected chi connectivity index (χ3v) is 3.84. The van der Waals surface area contributed by atoms with Crippen molar-refractivity contribution in [2.75, 3.05) is 0 Å². The van der Waals surface area contributed by atoms with Gasteiger partial charge in [-0.25, -0.2) is 0 Å². The molecule has 1 aromatic heterocycles. The molecule has 1 aliphatic carbocycles. The van der Waals surface area contributed by atoms with Gasteiger partial charge in [0.05, 0.1) is 0 Å². The van der Waals surface area contributed by atoms with Crippen LogP contribution < -0.4 is 5.73 Å². The fourth-order valence-corrected chi connectivity index (χ4v) is 2.78. The molecule has 0 aromatic carbocycles. The Bertz CT molecular complexity index is 362. The maximum atomic E-state index is 5.73. The minimum atomic E-state index is 0.256. The molecule has 4 heteroatoms. The van der Waals surface area contributed by atoms with Crippen LogP contribution in [0, 0.1) is 5.92 Å². The summed E-state index contributed by atoms with van der Waals surface area (Å²) in [5, 5.41) is 4.15. The van der Waals surface area contributed by atoms with Gasteiger partial charge in [0.25, 0.3) is 0 Å². The fourth-order valence-electron chi connectivity index (χ4n) is 2.78. The van der Waals surface area contributed by atoms with Crippen molar-refractivity contribution in [1.82, 2.24) is 10.1 Å². The molecule has 3 unspecified atom stereocenters. The molecule has 1 heterocycles. The van der Waals surface area contributed by atoms with Crippen molar-refractivity contribution in [3.63, 3.8) is 0 Å². The second-order valence-electron chi connectivity index (χ2n) is 5.88. The third kappa shape index (κ3) is 3.80. The van der Waals surface area contributed by atoms with E-state index in [1.807, 2.05) is 6.92 Å². The number of aryl methyl sites for hydroxylation is 1. The van der Waals surface area contributed by atoms with Crippen LogP contribution in [0.2, 0.25) is 0 Å². The van der Waals surface area contributed by atoms with Crippen molar-refractivity contribution in [2.24, 2.45) is 11.7 Å². The van der Waals surface area contributed by atoms with E-state index in [-0.39, 0.29) is 6.04 Å². The summed E-state index contributed by atoms with van der Waals surface area (Å²) < 4.78 is 5.33. The molecule has 0 spiro atoms. The van der Waals surface area contributed by atoms with Crippen molar-refractivity contribution >= 4 is 0 Å². The van der Waals surface area contributed by atoms with Crippen LogP contribution in [-0.2, 0) is 6.42 Å². The first-order valence-electron chi connectivity index (χ1n) is 7.23. The molecular formula is C14H25N3O. The van der Waals surface area contributed by atoms with Crippen molar-refractivity contribution in [3.8, 4) is 0 Å². The Morgan fingerprint density at radius 1 is 1.44 bits per heavy atom. The van der Waals surface area contributed by atoms with Crippen LogP contribution in [0.4, 0.5) is 0 Å². The highest BCUT2D eigenvalue weighted by molar-refractivity contribution is 4.97. The Morgan fingerprint density at radius 2 is 2.28 bits per heavy atom. The summed E-state index contributed by atoms with van der Waals surface area (Å²) in [7, 11) is 0. The summed E-state index contributed by atoms with van der Waals surface area (Å²) in [6, 6.07) is 0.256. The molecule has 0 bridgehead atoms. The van der Waals surface area contributed by atoms with Gasteiger partial charge < -0.3 is 10.3 Å². The molecule has 1 aromatic rings. The normalized spacial score (nSPS) is 26.2. The van der Waals surface area contributed by atoms with E-state index in [9.17, 15) is 0 Å². The molecule has 0 aliphatic heterocycles. The van der Waals surface area contributed by atoms with Crippen LogP contribution in [-0.4, -0.2) is 16.2 Å². The average molecular weight is 251 g/mol. The lowest BCUT2D eigenvalue weighted by atomic mass is 9.82. The van der Waals surface area contributed by atoms with Crippen LogP contribution in [0.25, 0.3) is 0 Å². The largest absolute Gasteiger partial charge is 0.339 e. The second kappa shape index (κ2) is 6.32. The monoisotopic (exact) mass is 251 g/mol. The fraction of sp³-hybridized carbons (Fsp3) is 0.857. The number of hydrogen-bond acceptors (Lipinski definition) is 4. The highest BCUT2D eigenvalue weighted by Gasteiger charge is 2.24. The van der Waals surface area contributed by atoms with Gasteiger partial charge in [-0.05, 0) is 38.5 Å². The second-order valence-corrected chi connectivity index (χ2v) is 5.88. The summed E-state index contributed by atoms with van der Waals surface area (Å²) in [6.45, 7) is 4.35. The number of nitrogens with two attached hydrogens (primary N) is 1. The van der Waals surface area contributed by atoms with E-state index in [0.717, 1.165) is 36.9 Å². The van der Waals surface area contributed by atoms with E-state index in [2.05, 4.69) is 17.1 Å². The Labute approximate surface area is 109 Å². The van der Waals surface area contributed by atoms with E-state index in [0.29, 0.717) is 5.92 Å². The van der Waals surface area contributed by atoms with Gasteiger partial charge in [-0.1, -0.05) is 24.9 Å². The van der Waals surface area contributed by atoms with Gasteiger partial charge in [0.2, 0.25) is 5.89 Å². The molecule has 2 rings (SSSR count). The summed E-state index contributed by atoms with van der Waals surface area (Å²) in [5.74, 6) is 3.02. The van der Waals surface area contributed by atoms with Gasteiger partial charge in [-0.3, -0.25) is 0 Å². The summed E-state index contributed by atoms with van der Waals surface area (Å²) in [6.07, 6.45) is 7.95. The van der Waals surface area contributed by atoms with Crippen LogP contribution in [0.1, 0.15) is 70.0 Å². The molecular weight excluding hydrogens is 226 g/mol. The number of aromatic nitrogens is 2. The topological polar surface area (TPSA) is 64.9 Å². The van der Waals surface area contributed by atoms with E-state index in [1.165, 1.54) is 25.7 Å². The van der Waals surface area contributed by atoms with Gasteiger partial charge in [-0.2, -0.15) is 4.98 Å². The molecule has 1 aliphatic rings. The van der Waals surface area contributed by atoms with Crippen molar-refractivity contribution in [2.45, 2.75) is 70.8 Å². The first kappa shape index (κ1) is 13.5. The first-order valence-corrected chi connectivity index (χ1v) is 7.23. The lowest BCUT2D eigenvalue weighted by Gasteiger charge is -2.23. The lowest BCUT2D eigenvalue weighted by Crippen LogP contribution is -2.14. The van der Waals surface area contributed by atoms with E-state index >= 15 is 0 Å². The summed E-state index contributed by atoms with van der Waals surface area (Å²) >= 11 is 0. The molecule has 2 N–H and O–H groups in total. The molecule has 1 fully saturated rings. The van der Waals surface area contributed by atoms with Gasteiger partial charge in [0.1, 0.15) is 0 Å². The van der Waals surface area contributed by atoms with Gasteiger partial charge in [0, 0.05) is 18.4 Å². The van der Waals surface area contributed by atoms with Crippen LogP contribution in [0.5, 0.6) is 0 Å². The minimum Gasteiger partial charge on any atom is -0.339 e. The standard InChI is InChI=1S/C14H25N3O/c1-10-5-3-7-12(9-10)14-16-13(18-17-14)8-4-6-11(2)15/h10-12H,3-9,15H2,1-2H3. The highest BCUT2D eigenvalue weighted by Crippen LogP contribution is 2.34. The zero-order valence-electron chi connectivity index (χ0n) is 11.6. The van der Waals surface area contributed by atoms with Crippen LogP contribution in [0.3, 0.4) is 0 Å². The number of nitrogens with zero attached hydrogens (tertiary/aromatic N) is 2. The van der Waals surface area contributed by atoms with E-state index < -0.39 is 0 Å². The van der Waals surface area contributed by atoms with E-state index in [4.69, 9.17) is 10.3 Å². The smallest absolute Gasteiger partial charge is 0.226 e.